The van der Waals surface area contributed by atoms with E-state index in [1.807, 2.05) is 11.8 Å². The van der Waals surface area contributed by atoms with Gasteiger partial charge in [0.15, 0.2) is 0 Å². The number of hydrogen-bond donors (Lipinski definition) is 3. The van der Waals surface area contributed by atoms with Gasteiger partial charge in [0.25, 0.3) is 11.8 Å². The predicted molar refractivity (Wildman–Crippen MR) is 161 cm³/mol. The maximum Gasteiger partial charge on any atom is 0.406 e. The lowest BCUT2D eigenvalue weighted by Crippen LogP contribution is -2.57. The van der Waals surface area contributed by atoms with Crippen molar-refractivity contribution in [2.45, 2.75) is 31.9 Å². The minimum absolute atomic E-state index is 0.0174. The molecule has 1 aliphatic rings. The highest BCUT2D eigenvalue weighted by Crippen LogP contribution is 2.29. The number of nitrogens with one attached hydrogen (secondary N) is 3. The van der Waals surface area contributed by atoms with E-state index in [2.05, 4.69) is 32.8 Å². The molecule has 2 amide bonds. The van der Waals surface area contributed by atoms with Crippen LogP contribution in [0.1, 0.15) is 33.2 Å². The number of rotatable bonds is 10. The van der Waals surface area contributed by atoms with Gasteiger partial charge < -0.3 is 30.0 Å². The lowest BCUT2D eigenvalue weighted by molar-refractivity contribution is -0.140. The van der Waals surface area contributed by atoms with Crippen molar-refractivity contribution in [3.63, 3.8) is 0 Å². The van der Waals surface area contributed by atoms with Crippen LogP contribution in [0.5, 0.6) is 5.75 Å². The van der Waals surface area contributed by atoms with E-state index in [0.717, 1.165) is 17.0 Å². The van der Waals surface area contributed by atoms with Gasteiger partial charge in [-0.1, -0.05) is 18.8 Å². The molecular formula is C31H35F5N6O4. The first-order chi connectivity index (χ1) is 21.8. The molecule has 3 atom stereocenters. The number of carbonyl (C=O) groups is 2. The summed E-state index contributed by atoms with van der Waals surface area (Å²) in [5.74, 6) is 3.38. The molecule has 2 heterocycles. The van der Waals surface area contributed by atoms with Crippen LogP contribution in [0.3, 0.4) is 0 Å². The Balaban J connectivity index is 1.61. The number of methoxy groups -OCH3 is 2. The third kappa shape index (κ3) is 8.24. The number of anilines is 1. The molecule has 10 nitrogen and oxygen atoms in total. The molecule has 1 aromatic heterocycles. The molecule has 1 fully saturated rings. The summed E-state index contributed by atoms with van der Waals surface area (Å²) in [6, 6.07) is 4.26. The minimum Gasteiger partial charge on any atom is -0.494 e. The van der Waals surface area contributed by atoms with Crippen LogP contribution in [-0.4, -0.2) is 98.7 Å². The Hall–Kier alpha value is -4.42. The van der Waals surface area contributed by atoms with Crippen molar-refractivity contribution < 1.29 is 41.0 Å². The average molecular weight is 651 g/mol. The van der Waals surface area contributed by atoms with Gasteiger partial charge in [-0.2, -0.15) is 13.2 Å². The maximum absolute atomic E-state index is 15.2. The number of nitrogens with zero attached hydrogens (tertiary/aromatic N) is 3. The second-order valence-electron chi connectivity index (χ2n) is 10.9. The average Bonchev–Trinajstić information content (AvgIpc) is 3.40. The Morgan fingerprint density at radius 2 is 1.87 bits per heavy atom. The molecule has 248 valence electrons. The van der Waals surface area contributed by atoms with Crippen LogP contribution >= 0.6 is 0 Å². The van der Waals surface area contributed by atoms with E-state index < -0.39 is 42.6 Å². The van der Waals surface area contributed by atoms with Crippen molar-refractivity contribution in [1.29, 1.82) is 0 Å². The second kappa shape index (κ2) is 14.8. The van der Waals surface area contributed by atoms with Gasteiger partial charge in [0, 0.05) is 45.4 Å². The zero-order valence-electron chi connectivity index (χ0n) is 25.7. The van der Waals surface area contributed by atoms with E-state index in [9.17, 15) is 27.2 Å². The molecule has 2 aromatic carbocycles. The zero-order valence-corrected chi connectivity index (χ0v) is 25.7. The molecule has 0 radical (unpaired) electrons. The van der Waals surface area contributed by atoms with Crippen molar-refractivity contribution in [3.8, 4) is 17.6 Å². The molecule has 3 N–H and O–H groups in total. The number of alkyl halides is 4. The van der Waals surface area contributed by atoms with Crippen LogP contribution in [0.2, 0.25) is 0 Å². The van der Waals surface area contributed by atoms with Crippen molar-refractivity contribution in [3.05, 3.63) is 53.1 Å². The van der Waals surface area contributed by atoms with Gasteiger partial charge in [-0.3, -0.25) is 14.5 Å². The molecule has 46 heavy (non-hydrogen) atoms. The first-order valence-electron chi connectivity index (χ1n) is 14.4. The monoisotopic (exact) mass is 650 g/mol. The number of benzene rings is 2. The predicted octanol–water partition coefficient (Wildman–Crippen LogP) is 3.60. The summed E-state index contributed by atoms with van der Waals surface area (Å²) in [5.41, 5.74) is 0.259. The first kappa shape index (κ1) is 34.5. The zero-order chi connectivity index (χ0) is 33.6. The van der Waals surface area contributed by atoms with Gasteiger partial charge in [0.05, 0.1) is 55.0 Å². The molecule has 0 aliphatic carbocycles. The summed E-state index contributed by atoms with van der Waals surface area (Å²) in [6.45, 7) is 2.02. The van der Waals surface area contributed by atoms with E-state index in [-0.39, 0.29) is 58.2 Å². The minimum atomic E-state index is -4.56. The molecular weight excluding hydrogens is 615 g/mol. The standard InChI is InChI=1S/C31H35F5N6O4/c1-18-14-41(8-9-45-3)15-23(33)27(18)40-30(44)21-10-19(11-25-28(21)39-17-42(25)16-31(34,35)36)6-5-7-38-24-12-20(29(43)37-2)22(32)13-26(24)46-4/h10-13,17-18,23,27,38H,7-9,14-16H2,1-4H3,(H,37,43)(H,40,44)/t18-,23-,27+/m0/s1. The summed E-state index contributed by atoms with van der Waals surface area (Å²) < 4.78 is 80.7. The summed E-state index contributed by atoms with van der Waals surface area (Å²) in [7, 11) is 4.25. The normalized spacial score (nSPS) is 18.5. The topological polar surface area (TPSA) is 110 Å². The Labute approximate surface area is 262 Å². The number of imidazole rings is 1. The lowest BCUT2D eigenvalue weighted by Gasteiger charge is -2.39. The van der Waals surface area contributed by atoms with Crippen LogP contribution in [0.15, 0.2) is 30.6 Å². The van der Waals surface area contributed by atoms with Crippen LogP contribution in [0, 0.1) is 23.6 Å². The van der Waals surface area contributed by atoms with Crippen LogP contribution in [0.4, 0.5) is 27.6 Å². The fourth-order valence-electron chi connectivity index (χ4n) is 5.36. The first-order valence-corrected chi connectivity index (χ1v) is 14.4. The number of piperidine rings is 1. The van der Waals surface area contributed by atoms with Crippen molar-refractivity contribution in [2.75, 3.05) is 59.4 Å². The van der Waals surface area contributed by atoms with Crippen LogP contribution in [-0.2, 0) is 11.3 Å². The summed E-state index contributed by atoms with van der Waals surface area (Å²) in [6.07, 6.45) is -4.95. The van der Waals surface area contributed by atoms with Crippen molar-refractivity contribution >= 4 is 28.5 Å². The SMILES string of the molecule is CNC(=O)c1cc(NCC#Cc2cc(C(=O)N[C@@H]3[C@@H](C)CN(CCOC)C[C@@H]3F)c3ncn(CC(F)(F)F)c3c2)c(OC)cc1F. The third-order valence-electron chi connectivity index (χ3n) is 7.57. The van der Waals surface area contributed by atoms with Gasteiger partial charge in [-0.05, 0) is 24.1 Å². The third-order valence-corrected chi connectivity index (χ3v) is 7.57. The highest BCUT2D eigenvalue weighted by atomic mass is 19.4. The Morgan fingerprint density at radius 1 is 1.11 bits per heavy atom. The number of likely N-dealkylation sites (tertiary alicyclic amines) is 1. The van der Waals surface area contributed by atoms with Gasteiger partial charge in [-0.15, -0.1) is 0 Å². The summed E-state index contributed by atoms with van der Waals surface area (Å²) in [5, 5.41) is 8.01. The maximum atomic E-state index is 15.2. The van der Waals surface area contributed by atoms with Crippen LogP contribution < -0.4 is 20.7 Å². The number of carbonyl (C=O) groups excluding carboxylic acids is 2. The number of ether oxygens (including phenoxy) is 2. The molecule has 3 aromatic rings. The number of halogens is 5. The summed E-state index contributed by atoms with van der Waals surface area (Å²) in [4.78, 5) is 31.5. The summed E-state index contributed by atoms with van der Waals surface area (Å²) >= 11 is 0. The number of aromatic nitrogens is 2. The molecule has 0 spiro atoms. The Bertz CT molecular complexity index is 1620. The van der Waals surface area contributed by atoms with Gasteiger partial charge in [-0.25, -0.2) is 13.8 Å². The van der Waals surface area contributed by atoms with E-state index >= 15 is 4.39 Å². The van der Waals surface area contributed by atoms with E-state index in [4.69, 9.17) is 9.47 Å². The van der Waals surface area contributed by atoms with Crippen molar-refractivity contribution in [1.82, 2.24) is 25.1 Å². The Kier molecular flexibility index (Phi) is 11.1. The van der Waals surface area contributed by atoms with E-state index in [1.54, 1.807) is 7.11 Å². The van der Waals surface area contributed by atoms with Gasteiger partial charge in [0.2, 0.25) is 0 Å². The largest absolute Gasteiger partial charge is 0.494 e. The van der Waals surface area contributed by atoms with E-state index in [1.165, 1.54) is 32.4 Å². The molecule has 4 rings (SSSR count). The molecule has 0 saturated carbocycles. The molecule has 1 aliphatic heterocycles. The van der Waals surface area contributed by atoms with Crippen LogP contribution in [0.25, 0.3) is 11.0 Å². The number of fused-ring (bicyclic) bond motifs is 1. The smallest absolute Gasteiger partial charge is 0.406 e. The fraction of sp³-hybridized carbons (Fsp3) is 0.452. The fourth-order valence-corrected chi connectivity index (χ4v) is 5.36. The quantitative estimate of drug-likeness (QED) is 0.227. The Morgan fingerprint density at radius 3 is 2.52 bits per heavy atom. The highest BCUT2D eigenvalue weighted by molar-refractivity contribution is 6.05. The van der Waals surface area contributed by atoms with Gasteiger partial charge >= 0.3 is 6.18 Å². The molecule has 15 heteroatoms. The van der Waals surface area contributed by atoms with Gasteiger partial charge in [0.1, 0.15) is 29.8 Å². The highest BCUT2D eigenvalue weighted by Gasteiger charge is 2.36. The van der Waals surface area contributed by atoms with Crippen molar-refractivity contribution in [2.24, 2.45) is 5.92 Å². The molecule has 0 bridgehead atoms. The second-order valence-corrected chi connectivity index (χ2v) is 10.9. The molecule has 0 unspecified atom stereocenters. The molecule has 1 saturated heterocycles. The lowest BCUT2D eigenvalue weighted by atomic mass is 9.92. The number of hydrogen-bond acceptors (Lipinski definition) is 7. The van der Waals surface area contributed by atoms with E-state index in [0.29, 0.717) is 19.7 Å². The number of amides is 2.